The Kier molecular flexibility index (Phi) is 14.0. The monoisotopic (exact) mass is 498 g/mol. The first-order valence-electron chi connectivity index (χ1n) is 13.1. The maximum atomic E-state index is 12.8. The molecule has 2 aromatic rings. The van der Waals surface area contributed by atoms with E-state index < -0.39 is 0 Å². The Balaban J connectivity index is 1.83. The first-order valence-corrected chi connectivity index (χ1v) is 14.1. The lowest BCUT2D eigenvalue weighted by molar-refractivity contribution is 0.0951. The molecule has 0 radical (unpaired) electrons. The van der Waals surface area contributed by atoms with Crippen molar-refractivity contribution in [1.82, 2.24) is 5.32 Å². The van der Waals surface area contributed by atoms with E-state index in [1.807, 2.05) is 36.0 Å². The van der Waals surface area contributed by atoms with Crippen LogP contribution in [-0.2, 0) is 0 Å². The first kappa shape index (κ1) is 28.8. The highest BCUT2D eigenvalue weighted by Crippen LogP contribution is 2.27. The fourth-order valence-corrected chi connectivity index (χ4v) is 4.66. The summed E-state index contributed by atoms with van der Waals surface area (Å²) in [5.74, 6) is 1.23. The molecular weight excluding hydrogens is 456 g/mol. The SMILES string of the molecule is CCCCCCCCCCSc1ccc(C(=O)Nc2cc(C(=O)NCCCC)ccc2OC)cc1. The lowest BCUT2D eigenvalue weighted by atomic mass is 10.1. The Morgan fingerprint density at radius 2 is 1.40 bits per heavy atom. The smallest absolute Gasteiger partial charge is 0.255 e. The Morgan fingerprint density at radius 3 is 2.06 bits per heavy atom. The molecule has 0 atom stereocenters. The molecule has 35 heavy (non-hydrogen) atoms. The molecule has 0 fully saturated rings. The van der Waals surface area contributed by atoms with Gasteiger partial charge in [0.15, 0.2) is 0 Å². The molecule has 0 saturated carbocycles. The standard InChI is InChI=1S/C29H42N2O3S/c1-4-6-8-9-10-11-12-13-21-35-25-17-14-23(15-18-25)29(33)31-26-22-24(16-19-27(26)34-3)28(32)30-20-7-5-2/h14-19,22H,4-13,20-21H2,1-3H3,(H,30,32)(H,31,33). The van der Waals surface area contributed by atoms with Gasteiger partial charge in [-0.3, -0.25) is 9.59 Å². The molecule has 0 aromatic heterocycles. The highest BCUT2D eigenvalue weighted by Gasteiger charge is 2.13. The molecule has 2 aromatic carbocycles. The van der Waals surface area contributed by atoms with Gasteiger partial charge in [-0.1, -0.05) is 65.2 Å². The molecule has 192 valence electrons. The zero-order valence-corrected chi connectivity index (χ0v) is 22.5. The van der Waals surface area contributed by atoms with E-state index in [0.717, 1.165) is 18.6 Å². The summed E-state index contributed by atoms with van der Waals surface area (Å²) in [6.45, 7) is 4.96. The van der Waals surface area contributed by atoms with E-state index in [2.05, 4.69) is 24.5 Å². The third-order valence-corrected chi connectivity index (χ3v) is 7.01. The van der Waals surface area contributed by atoms with Gasteiger partial charge in [0.25, 0.3) is 11.8 Å². The molecule has 0 spiro atoms. The van der Waals surface area contributed by atoms with E-state index in [9.17, 15) is 9.59 Å². The zero-order valence-electron chi connectivity index (χ0n) is 21.7. The largest absolute Gasteiger partial charge is 0.495 e. The molecule has 0 aliphatic carbocycles. The van der Waals surface area contributed by atoms with Crippen molar-refractivity contribution in [2.45, 2.75) is 83.0 Å². The highest BCUT2D eigenvalue weighted by atomic mass is 32.2. The van der Waals surface area contributed by atoms with Crippen molar-refractivity contribution in [2.24, 2.45) is 0 Å². The molecule has 0 aliphatic heterocycles. The van der Waals surface area contributed by atoms with Gasteiger partial charge < -0.3 is 15.4 Å². The van der Waals surface area contributed by atoms with E-state index in [0.29, 0.717) is 29.1 Å². The first-order chi connectivity index (χ1) is 17.1. The number of benzene rings is 2. The number of ether oxygens (including phenoxy) is 1. The molecule has 0 bridgehead atoms. The summed E-state index contributed by atoms with van der Waals surface area (Å²) in [5, 5.41) is 5.79. The number of carbonyl (C=O) groups excluding carboxylic acids is 2. The number of hydrogen-bond donors (Lipinski definition) is 2. The van der Waals surface area contributed by atoms with Crippen molar-refractivity contribution in [3.63, 3.8) is 0 Å². The number of methoxy groups -OCH3 is 1. The van der Waals surface area contributed by atoms with E-state index in [1.165, 1.54) is 56.3 Å². The summed E-state index contributed by atoms with van der Waals surface area (Å²) >= 11 is 1.84. The highest BCUT2D eigenvalue weighted by molar-refractivity contribution is 7.99. The van der Waals surface area contributed by atoms with Gasteiger partial charge in [-0.05, 0) is 61.1 Å². The average Bonchev–Trinajstić information content (AvgIpc) is 2.88. The summed E-state index contributed by atoms with van der Waals surface area (Å²) in [6, 6.07) is 12.8. The molecule has 6 heteroatoms. The van der Waals surface area contributed by atoms with Gasteiger partial charge in [-0.2, -0.15) is 0 Å². The van der Waals surface area contributed by atoms with Crippen LogP contribution in [0.1, 0.15) is 98.8 Å². The Labute approximate surface area is 215 Å². The van der Waals surface area contributed by atoms with Crippen molar-refractivity contribution in [3.05, 3.63) is 53.6 Å². The van der Waals surface area contributed by atoms with E-state index in [-0.39, 0.29) is 11.8 Å². The zero-order chi connectivity index (χ0) is 25.3. The average molecular weight is 499 g/mol. The quantitative estimate of drug-likeness (QED) is 0.173. The van der Waals surface area contributed by atoms with Crippen LogP contribution in [0.4, 0.5) is 5.69 Å². The second kappa shape index (κ2) is 17.0. The maximum Gasteiger partial charge on any atom is 0.255 e. The van der Waals surface area contributed by atoms with Gasteiger partial charge in [-0.25, -0.2) is 0 Å². The number of amides is 2. The minimum atomic E-state index is -0.230. The van der Waals surface area contributed by atoms with Crippen molar-refractivity contribution in [1.29, 1.82) is 0 Å². The minimum absolute atomic E-state index is 0.158. The van der Waals surface area contributed by atoms with Crippen LogP contribution in [0.2, 0.25) is 0 Å². The second-order valence-corrected chi connectivity index (χ2v) is 9.99. The predicted molar refractivity (Wildman–Crippen MR) is 148 cm³/mol. The molecule has 2 amide bonds. The maximum absolute atomic E-state index is 12.8. The third-order valence-electron chi connectivity index (χ3n) is 5.91. The lowest BCUT2D eigenvalue weighted by Gasteiger charge is -2.13. The summed E-state index contributed by atoms with van der Waals surface area (Å²) < 4.78 is 5.38. The number of carbonyl (C=O) groups is 2. The van der Waals surface area contributed by atoms with Crippen LogP contribution in [0.5, 0.6) is 5.75 Å². The van der Waals surface area contributed by atoms with Gasteiger partial charge in [-0.15, -0.1) is 11.8 Å². The van der Waals surface area contributed by atoms with Crippen molar-refractivity contribution in [3.8, 4) is 5.75 Å². The number of rotatable bonds is 17. The fraction of sp³-hybridized carbons (Fsp3) is 0.517. The van der Waals surface area contributed by atoms with Crippen LogP contribution in [0.3, 0.4) is 0 Å². The Morgan fingerprint density at radius 1 is 0.771 bits per heavy atom. The molecule has 2 rings (SSSR count). The topological polar surface area (TPSA) is 67.4 Å². The summed E-state index contributed by atoms with van der Waals surface area (Å²) in [6.07, 6.45) is 12.5. The van der Waals surface area contributed by atoms with Crippen LogP contribution < -0.4 is 15.4 Å². The van der Waals surface area contributed by atoms with Gasteiger partial charge in [0, 0.05) is 22.6 Å². The van der Waals surface area contributed by atoms with Gasteiger partial charge in [0.1, 0.15) is 5.75 Å². The summed E-state index contributed by atoms with van der Waals surface area (Å²) in [4.78, 5) is 26.4. The number of thioether (sulfide) groups is 1. The molecule has 0 heterocycles. The molecule has 0 aliphatic rings. The van der Waals surface area contributed by atoms with Crippen LogP contribution in [0, 0.1) is 0 Å². The van der Waals surface area contributed by atoms with Crippen molar-refractivity contribution in [2.75, 3.05) is 24.7 Å². The van der Waals surface area contributed by atoms with Crippen molar-refractivity contribution < 1.29 is 14.3 Å². The minimum Gasteiger partial charge on any atom is -0.495 e. The van der Waals surface area contributed by atoms with Crippen LogP contribution in [0.15, 0.2) is 47.4 Å². The number of unbranched alkanes of at least 4 members (excludes halogenated alkanes) is 8. The van der Waals surface area contributed by atoms with E-state index in [1.54, 1.807) is 25.3 Å². The number of nitrogens with one attached hydrogen (secondary N) is 2. The fourth-order valence-electron chi connectivity index (χ4n) is 3.75. The molecule has 5 nitrogen and oxygen atoms in total. The van der Waals surface area contributed by atoms with Crippen LogP contribution in [0.25, 0.3) is 0 Å². The van der Waals surface area contributed by atoms with E-state index in [4.69, 9.17) is 4.74 Å². The Bertz CT molecular complexity index is 899. The molecule has 0 saturated heterocycles. The Hall–Kier alpha value is -2.47. The van der Waals surface area contributed by atoms with Crippen LogP contribution in [-0.4, -0.2) is 31.2 Å². The molecule has 2 N–H and O–H groups in total. The normalized spacial score (nSPS) is 10.7. The molecule has 0 unspecified atom stereocenters. The second-order valence-electron chi connectivity index (χ2n) is 8.83. The lowest BCUT2D eigenvalue weighted by Crippen LogP contribution is -2.24. The van der Waals surface area contributed by atoms with Gasteiger partial charge in [0.05, 0.1) is 12.8 Å². The summed E-state index contributed by atoms with van der Waals surface area (Å²) in [5.41, 5.74) is 1.54. The van der Waals surface area contributed by atoms with Crippen molar-refractivity contribution >= 4 is 29.3 Å². The van der Waals surface area contributed by atoms with Gasteiger partial charge in [0.2, 0.25) is 0 Å². The van der Waals surface area contributed by atoms with E-state index >= 15 is 0 Å². The number of anilines is 1. The van der Waals surface area contributed by atoms with Crippen LogP contribution >= 0.6 is 11.8 Å². The number of hydrogen-bond acceptors (Lipinski definition) is 4. The van der Waals surface area contributed by atoms with Gasteiger partial charge >= 0.3 is 0 Å². The predicted octanol–water partition coefficient (Wildman–Crippen LogP) is 7.71. The summed E-state index contributed by atoms with van der Waals surface area (Å²) in [7, 11) is 1.55. The third kappa shape index (κ3) is 10.8. The molecular formula is C29H42N2O3S.